The molecule has 5 heteroatoms. The number of aldehydes is 1. The first-order valence-electron chi connectivity index (χ1n) is 4.28. The van der Waals surface area contributed by atoms with Gasteiger partial charge in [0, 0.05) is 19.4 Å². The lowest BCUT2D eigenvalue weighted by molar-refractivity contribution is -0.114. The lowest BCUT2D eigenvalue weighted by Gasteiger charge is -2.03. The average molecular weight is 206 g/mol. The molecule has 0 saturated carbocycles. The Balaban J connectivity index is 3.16. The van der Waals surface area contributed by atoms with E-state index in [0.29, 0.717) is 11.8 Å². The Hall–Kier alpha value is -2.04. The number of nitrogens with zero attached hydrogens (tertiary/aromatic N) is 1. The van der Waals surface area contributed by atoms with Crippen LogP contribution in [0.25, 0.3) is 0 Å². The summed E-state index contributed by atoms with van der Waals surface area (Å²) in [5.74, 6) is -0.359. The van der Waals surface area contributed by atoms with Gasteiger partial charge >= 0.3 is 0 Å². The Morgan fingerprint density at radius 1 is 1.33 bits per heavy atom. The summed E-state index contributed by atoms with van der Waals surface area (Å²) in [6, 6.07) is 2.78. The van der Waals surface area contributed by atoms with Gasteiger partial charge in [-0.05, 0) is 12.1 Å². The molecular weight excluding hydrogens is 196 g/mol. The normalized spacial score (nSPS) is 9.47. The lowest BCUT2D eigenvalue weighted by atomic mass is 10.2. The highest BCUT2D eigenvalue weighted by molar-refractivity contribution is 5.95. The smallest absolute Gasteiger partial charge is 0.222 e. The second kappa shape index (κ2) is 4.45. The molecule has 5 nitrogen and oxygen atoms in total. The van der Waals surface area contributed by atoms with E-state index in [-0.39, 0.29) is 23.2 Å². The molecule has 1 rings (SSSR count). The molecule has 0 aromatic carbocycles. The number of carbonyl (C=O) groups is 3. The van der Waals surface area contributed by atoms with Crippen LogP contribution in [0.5, 0.6) is 0 Å². The van der Waals surface area contributed by atoms with Gasteiger partial charge in [0.25, 0.3) is 0 Å². The maximum Gasteiger partial charge on any atom is 0.222 e. The summed E-state index contributed by atoms with van der Waals surface area (Å²) < 4.78 is 0. The van der Waals surface area contributed by atoms with Crippen LogP contribution in [0.4, 0.5) is 5.82 Å². The molecule has 0 atom stereocenters. The zero-order chi connectivity index (χ0) is 11.4. The van der Waals surface area contributed by atoms with Crippen LogP contribution in [0.2, 0.25) is 0 Å². The van der Waals surface area contributed by atoms with Crippen molar-refractivity contribution in [2.45, 2.75) is 13.8 Å². The van der Waals surface area contributed by atoms with Gasteiger partial charge in [-0.2, -0.15) is 0 Å². The van der Waals surface area contributed by atoms with Crippen LogP contribution in [0.3, 0.4) is 0 Å². The van der Waals surface area contributed by atoms with Crippen molar-refractivity contribution in [2.75, 3.05) is 5.32 Å². The molecule has 1 amide bonds. The fraction of sp³-hybridized carbons (Fsp3) is 0.200. The number of Topliss-reactive ketones (excluding diaryl/α,β-unsaturated/α-hetero) is 1. The molecule has 1 aromatic heterocycles. The van der Waals surface area contributed by atoms with E-state index in [1.165, 1.54) is 26.0 Å². The van der Waals surface area contributed by atoms with Crippen molar-refractivity contribution in [1.29, 1.82) is 0 Å². The highest BCUT2D eigenvalue weighted by atomic mass is 16.1. The number of pyridine rings is 1. The fourth-order valence-electron chi connectivity index (χ4n) is 1.04. The minimum absolute atomic E-state index is 0.156. The van der Waals surface area contributed by atoms with Gasteiger partial charge in [-0.3, -0.25) is 14.4 Å². The van der Waals surface area contributed by atoms with Crippen molar-refractivity contribution in [3.63, 3.8) is 0 Å². The van der Waals surface area contributed by atoms with Crippen LogP contribution in [0, 0.1) is 0 Å². The first-order valence-corrected chi connectivity index (χ1v) is 4.28. The SMILES string of the molecule is CC(=O)Nc1cc(C=O)cc(C(C)=O)n1. The second-order valence-corrected chi connectivity index (χ2v) is 3.03. The Bertz CT molecular complexity index is 427. The van der Waals surface area contributed by atoms with Crippen LogP contribution in [-0.2, 0) is 4.79 Å². The molecule has 0 unspecified atom stereocenters. The third kappa shape index (κ3) is 2.98. The fourth-order valence-corrected chi connectivity index (χ4v) is 1.04. The highest BCUT2D eigenvalue weighted by Crippen LogP contribution is 2.09. The molecule has 15 heavy (non-hydrogen) atoms. The van der Waals surface area contributed by atoms with Gasteiger partial charge in [0.1, 0.15) is 17.8 Å². The summed E-state index contributed by atoms with van der Waals surface area (Å²) in [6.45, 7) is 2.66. The Kier molecular flexibility index (Phi) is 3.28. The number of hydrogen-bond acceptors (Lipinski definition) is 4. The lowest BCUT2D eigenvalue weighted by Crippen LogP contribution is -2.10. The quantitative estimate of drug-likeness (QED) is 0.592. The maximum atomic E-state index is 11.1. The molecule has 0 aliphatic carbocycles. The van der Waals surface area contributed by atoms with Crippen molar-refractivity contribution in [1.82, 2.24) is 4.98 Å². The molecule has 1 aromatic rings. The predicted octanol–water partition coefficient (Wildman–Crippen LogP) is 1.06. The number of nitrogens with one attached hydrogen (secondary N) is 1. The van der Waals surface area contributed by atoms with Gasteiger partial charge in [0.2, 0.25) is 5.91 Å². The summed E-state index contributed by atoms with van der Waals surface area (Å²) in [4.78, 5) is 36.3. The average Bonchev–Trinajstić information content (AvgIpc) is 2.16. The standard InChI is InChI=1S/C10H10N2O3/c1-6(14)9-3-8(5-13)4-10(12-9)11-7(2)15/h3-5H,1-2H3,(H,11,12,15). The third-order valence-electron chi connectivity index (χ3n) is 1.65. The minimum Gasteiger partial charge on any atom is -0.311 e. The van der Waals surface area contributed by atoms with E-state index in [4.69, 9.17) is 0 Å². The van der Waals surface area contributed by atoms with E-state index in [2.05, 4.69) is 10.3 Å². The maximum absolute atomic E-state index is 11.1. The van der Waals surface area contributed by atoms with Gasteiger partial charge in [0.05, 0.1) is 0 Å². The van der Waals surface area contributed by atoms with Crippen LogP contribution in [0.1, 0.15) is 34.7 Å². The van der Waals surface area contributed by atoms with Crippen LogP contribution in [-0.4, -0.2) is 23.0 Å². The Morgan fingerprint density at radius 2 is 2.00 bits per heavy atom. The molecule has 0 saturated heterocycles. The number of hydrogen-bond donors (Lipinski definition) is 1. The van der Waals surface area contributed by atoms with E-state index in [0.717, 1.165) is 0 Å². The number of amides is 1. The summed E-state index contributed by atoms with van der Waals surface area (Å²) in [5, 5.41) is 2.41. The summed E-state index contributed by atoms with van der Waals surface area (Å²) >= 11 is 0. The van der Waals surface area contributed by atoms with Gasteiger partial charge in [0.15, 0.2) is 5.78 Å². The zero-order valence-corrected chi connectivity index (χ0v) is 8.40. The molecular formula is C10H10N2O3. The van der Waals surface area contributed by atoms with Crippen LogP contribution < -0.4 is 5.32 Å². The number of anilines is 1. The number of ketones is 1. The first kappa shape index (κ1) is 11.0. The summed E-state index contributed by atoms with van der Waals surface area (Å²) in [5.41, 5.74) is 0.460. The van der Waals surface area contributed by atoms with E-state index in [9.17, 15) is 14.4 Å². The first-order chi connectivity index (χ1) is 7.02. The second-order valence-electron chi connectivity index (χ2n) is 3.03. The van der Waals surface area contributed by atoms with Crippen LogP contribution >= 0.6 is 0 Å². The van der Waals surface area contributed by atoms with Crippen LogP contribution in [0.15, 0.2) is 12.1 Å². The van der Waals surface area contributed by atoms with Crippen molar-refractivity contribution >= 4 is 23.8 Å². The number of rotatable bonds is 3. The molecule has 0 radical (unpaired) electrons. The predicted molar refractivity (Wildman–Crippen MR) is 53.9 cm³/mol. The molecule has 1 N–H and O–H groups in total. The van der Waals surface area contributed by atoms with Gasteiger partial charge < -0.3 is 5.32 Å². The van der Waals surface area contributed by atoms with Crippen molar-refractivity contribution in [3.8, 4) is 0 Å². The van der Waals surface area contributed by atoms with Crippen molar-refractivity contribution in [3.05, 3.63) is 23.4 Å². The Labute approximate surface area is 86.5 Å². The molecule has 1 heterocycles. The molecule has 0 aliphatic heterocycles. The molecule has 0 aliphatic rings. The van der Waals surface area contributed by atoms with Crippen molar-refractivity contribution in [2.24, 2.45) is 0 Å². The van der Waals surface area contributed by atoms with E-state index in [1.54, 1.807) is 0 Å². The minimum atomic E-state index is -0.306. The summed E-state index contributed by atoms with van der Waals surface area (Å²) in [6.07, 6.45) is 0.597. The molecule has 0 bridgehead atoms. The topological polar surface area (TPSA) is 76.1 Å². The van der Waals surface area contributed by atoms with E-state index < -0.39 is 0 Å². The number of carbonyl (C=O) groups excluding carboxylic acids is 3. The highest BCUT2D eigenvalue weighted by Gasteiger charge is 2.06. The van der Waals surface area contributed by atoms with Gasteiger partial charge in [-0.25, -0.2) is 4.98 Å². The largest absolute Gasteiger partial charge is 0.311 e. The number of aromatic nitrogens is 1. The monoisotopic (exact) mass is 206 g/mol. The van der Waals surface area contributed by atoms with E-state index >= 15 is 0 Å². The molecule has 78 valence electrons. The zero-order valence-electron chi connectivity index (χ0n) is 8.40. The molecule has 0 spiro atoms. The van der Waals surface area contributed by atoms with E-state index in [1.807, 2.05) is 0 Å². The summed E-state index contributed by atoms with van der Waals surface area (Å²) in [7, 11) is 0. The van der Waals surface area contributed by atoms with Crippen molar-refractivity contribution < 1.29 is 14.4 Å². The van der Waals surface area contributed by atoms with Gasteiger partial charge in [-0.15, -0.1) is 0 Å². The Morgan fingerprint density at radius 3 is 2.47 bits per heavy atom. The third-order valence-corrected chi connectivity index (χ3v) is 1.65. The van der Waals surface area contributed by atoms with Gasteiger partial charge in [-0.1, -0.05) is 0 Å². The molecule has 0 fully saturated rings.